The molecule has 17 heavy (non-hydrogen) atoms. The molecule has 1 heterocycles. The van der Waals surface area contributed by atoms with Crippen LogP contribution in [-0.4, -0.2) is 21.0 Å². The summed E-state index contributed by atoms with van der Waals surface area (Å²) in [5.74, 6) is 0. The molecule has 0 unspecified atom stereocenters. The fraction of sp³-hybridized carbons (Fsp3) is 0.333. The van der Waals surface area contributed by atoms with E-state index in [9.17, 15) is 0 Å². The Labute approximate surface area is 108 Å². The molecule has 1 fully saturated rings. The predicted molar refractivity (Wildman–Crippen MR) is 68.9 cm³/mol. The lowest BCUT2D eigenvalue weighted by molar-refractivity contribution is 0.658. The van der Waals surface area contributed by atoms with Crippen LogP contribution in [0.2, 0.25) is 0 Å². The van der Waals surface area contributed by atoms with Crippen LogP contribution in [0.25, 0.3) is 5.69 Å². The van der Waals surface area contributed by atoms with Crippen LogP contribution in [0.4, 0.5) is 0 Å². The van der Waals surface area contributed by atoms with Crippen molar-refractivity contribution in [3.63, 3.8) is 0 Å². The summed E-state index contributed by atoms with van der Waals surface area (Å²) in [5.41, 5.74) is 1.96. The largest absolute Gasteiger partial charge is 0.308 e. The second-order valence-electron chi connectivity index (χ2n) is 4.26. The minimum atomic E-state index is 0.702. The second kappa shape index (κ2) is 4.58. The zero-order chi connectivity index (χ0) is 11.7. The van der Waals surface area contributed by atoms with E-state index < -0.39 is 0 Å². The SMILES string of the molecule is Brc1ccc(-n2ncc(CNC3CC3)n2)cc1. The minimum Gasteiger partial charge on any atom is -0.308 e. The molecule has 1 aromatic carbocycles. The van der Waals surface area contributed by atoms with Crippen LogP contribution in [-0.2, 0) is 6.54 Å². The van der Waals surface area contributed by atoms with Gasteiger partial charge in [0.25, 0.3) is 0 Å². The molecule has 1 saturated carbocycles. The van der Waals surface area contributed by atoms with Gasteiger partial charge in [-0.2, -0.15) is 15.0 Å². The van der Waals surface area contributed by atoms with Gasteiger partial charge in [-0.05, 0) is 37.1 Å². The number of hydrogen-bond donors (Lipinski definition) is 1. The third kappa shape index (κ3) is 2.73. The molecule has 3 rings (SSSR count). The third-order valence-corrected chi connectivity index (χ3v) is 3.27. The smallest absolute Gasteiger partial charge is 0.0969 e. The highest BCUT2D eigenvalue weighted by molar-refractivity contribution is 9.10. The number of hydrogen-bond acceptors (Lipinski definition) is 3. The fourth-order valence-electron chi connectivity index (χ4n) is 1.61. The number of halogens is 1. The Kier molecular flexibility index (Phi) is 2.94. The first-order chi connectivity index (χ1) is 8.31. The molecule has 0 radical (unpaired) electrons. The molecule has 1 aromatic heterocycles. The van der Waals surface area contributed by atoms with Gasteiger partial charge < -0.3 is 5.32 Å². The van der Waals surface area contributed by atoms with Crippen LogP contribution < -0.4 is 5.32 Å². The number of nitrogens with one attached hydrogen (secondary N) is 1. The first kappa shape index (κ1) is 10.9. The van der Waals surface area contributed by atoms with E-state index in [2.05, 4.69) is 31.4 Å². The van der Waals surface area contributed by atoms with Gasteiger partial charge in [-0.1, -0.05) is 15.9 Å². The minimum absolute atomic E-state index is 0.702. The van der Waals surface area contributed by atoms with E-state index in [1.807, 2.05) is 30.5 Å². The highest BCUT2D eigenvalue weighted by Gasteiger charge is 2.20. The molecule has 0 bridgehead atoms. The summed E-state index contributed by atoms with van der Waals surface area (Å²) in [4.78, 5) is 1.66. The second-order valence-corrected chi connectivity index (χ2v) is 5.17. The number of nitrogens with zero attached hydrogens (tertiary/aromatic N) is 3. The van der Waals surface area contributed by atoms with Crippen molar-refractivity contribution in [3.8, 4) is 5.69 Å². The van der Waals surface area contributed by atoms with Gasteiger partial charge in [0.15, 0.2) is 0 Å². The molecule has 2 aromatic rings. The van der Waals surface area contributed by atoms with Crippen molar-refractivity contribution in [1.29, 1.82) is 0 Å². The van der Waals surface area contributed by atoms with Gasteiger partial charge in [-0.3, -0.25) is 0 Å². The van der Waals surface area contributed by atoms with Gasteiger partial charge in [0.2, 0.25) is 0 Å². The van der Waals surface area contributed by atoms with Crippen LogP contribution in [0.1, 0.15) is 18.5 Å². The Morgan fingerprint density at radius 3 is 2.76 bits per heavy atom. The average Bonchev–Trinajstić information content (AvgIpc) is 3.06. The standard InChI is InChI=1S/C12H13BrN4/c13-9-1-5-12(6-2-9)17-15-8-11(16-17)7-14-10-3-4-10/h1-2,5-6,8,10,14H,3-4,7H2. The Bertz CT molecular complexity index is 501. The molecular weight excluding hydrogens is 280 g/mol. The maximum Gasteiger partial charge on any atom is 0.0969 e. The van der Waals surface area contributed by atoms with Gasteiger partial charge in [0.05, 0.1) is 17.6 Å². The summed E-state index contributed by atoms with van der Waals surface area (Å²) in [7, 11) is 0. The van der Waals surface area contributed by atoms with Gasteiger partial charge >= 0.3 is 0 Å². The first-order valence-corrected chi connectivity index (χ1v) is 6.51. The molecule has 88 valence electrons. The Morgan fingerprint density at radius 1 is 1.29 bits per heavy atom. The Hall–Kier alpha value is -1.20. The van der Waals surface area contributed by atoms with Crippen molar-refractivity contribution in [2.75, 3.05) is 0 Å². The van der Waals surface area contributed by atoms with Crippen LogP contribution in [0.15, 0.2) is 34.9 Å². The normalized spacial score (nSPS) is 15.1. The molecule has 4 nitrogen and oxygen atoms in total. The number of aromatic nitrogens is 3. The van der Waals surface area contributed by atoms with Crippen molar-refractivity contribution >= 4 is 15.9 Å². The molecule has 0 amide bonds. The van der Waals surface area contributed by atoms with E-state index in [0.717, 1.165) is 22.4 Å². The first-order valence-electron chi connectivity index (χ1n) is 5.72. The van der Waals surface area contributed by atoms with E-state index in [-0.39, 0.29) is 0 Å². The van der Waals surface area contributed by atoms with Crippen molar-refractivity contribution in [2.24, 2.45) is 0 Å². The van der Waals surface area contributed by atoms with Crippen molar-refractivity contribution < 1.29 is 0 Å². The van der Waals surface area contributed by atoms with Gasteiger partial charge in [0, 0.05) is 17.1 Å². The van der Waals surface area contributed by atoms with Gasteiger partial charge in [-0.15, -0.1) is 0 Å². The van der Waals surface area contributed by atoms with Crippen LogP contribution in [0, 0.1) is 0 Å². The van der Waals surface area contributed by atoms with E-state index in [4.69, 9.17) is 0 Å². The quantitative estimate of drug-likeness (QED) is 0.940. The molecule has 0 saturated heterocycles. The summed E-state index contributed by atoms with van der Waals surface area (Å²) in [6.07, 6.45) is 4.40. The lowest BCUT2D eigenvalue weighted by atomic mass is 10.3. The number of rotatable bonds is 4. The maximum absolute atomic E-state index is 4.44. The number of benzene rings is 1. The highest BCUT2D eigenvalue weighted by Crippen LogP contribution is 2.19. The molecule has 0 atom stereocenters. The lowest BCUT2D eigenvalue weighted by Gasteiger charge is -1.99. The van der Waals surface area contributed by atoms with E-state index in [1.165, 1.54) is 12.8 Å². The lowest BCUT2D eigenvalue weighted by Crippen LogP contribution is -2.15. The zero-order valence-electron chi connectivity index (χ0n) is 9.31. The topological polar surface area (TPSA) is 42.7 Å². The van der Waals surface area contributed by atoms with Crippen LogP contribution in [0.3, 0.4) is 0 Å². The summed E-state index contributed by atoms with van der Waals surface area (Å²) in [5, 5.41) is 12.1. The van der Waals surface area contributed by atoms with Crippen LogP contribution >= 0.6 is 15.9 Å². The maximum atomic E-state index is 4.44. The average molecular weight is 293 g/mol. The molecule has 1 aliphatic carbocycles. The highest BCUT2D eigenvalue weighted by atomic mass is 79.9. The van der Waals surface area contributed by atoms with Crippen molar-refractivity contribution in [2.45, 2.75) is 25.4 Å². The zero-order valence-corrected chi connectivity index (χ0v) is 10.9. The van der Waals surface area contributed by atoms with Crippen LogP contribution in [0.5, 0.6) is 0 Å². The van der Waals surface area contributed by atoms with E-state index in [0.29, 0.717) is 6.04 Å². The summed E-state index contributed by atoms with van der Waals surface area (Å²) >= 11 is 3.41. The van der Waals surface area contributed by atoms with Gasteiger partial charge in [-0.25, -0.2) is 0 Å². The van der Waals surface area contributed by atoms with Crippen molar-refractivity contribution in [1.82, 2.24) is 20.3 Å². The third-order valence-electron chi connectivity index (χ3n) is 2.75. The summed E-state index contributed by atoms with van der Waals surface area (Å²) in [6, 6.07) is 8.65. The van der Waals surface area contributed by atoms with Gasteiger partial charge in [0.1, 0.15) is 0 Å². The monoisotopic (exact) mass is 292 g/mol. The van der Waals surface area contributed by atoms with E-state index in [1.54, 1.807) is 4.80 Å². The van der Waals surface area contributed by atoms with E-state index >= 15 is 0 Å². The molecular formula is C12H13BrN4. The Morgan fingerprint density at radius 2 is 2.06 bits per heavy atom. The molecule has 0 spiro atoms. The molecule has 1 aliphatic rings. The fourth-order valence-corrected chi connectivity index (χ4v) is 1.88. The predicted octanol–water partition coefficient (Wildman–Crippen LogP) is 2.28. The molecule has 0 aliphatic heterocycles. The summed E-state index contributed by atoms with van der Waals surface area (Å²) < 4.78 is 1.06. The Balaban J connectivity index is 1.72. The van der Waals surface area contributed by atoms with Crippen molar-refractivity contribution in [3.05, 3.63) is 40.6 Å². The summed E-state index contributed by atoms with van der Waals surface area (Å²) in [6.45, 7) is 0.807. The molecule has 1 N–H and O–H groups in total. The molecule has 5 heteroatoms.